The number of aryl methyl sites for hydroxylation is 1. The predicted molar refractivity (Wildman–Crippen MR) is 178 cm³/mol. The number of rotatable bonds is 6. The molecule has 4 aliphatic rings. The maximum atomic E-state index is 15.6. The van der Waals surface area contributed by atoms with Crippen molar-refractivity contribution in [1.82, 2.24) is 29.5 Å². The molecular weight excluding hydrogens is 670 g/mol. The molecular formula is C36H39F4N7O4. The minimum Gasteiger partial charge on any atom is -0.505 e. The first kappa shape index (κ1) is 34.8. The van der Waals surface area contributed by atoms with Gasteiger partial charge in [-0.3, -0.25) is 14.4 Å². The van der Waals surface area contributed by atoms with Gasteiger partial charge in [0.1, 0.15) is 12.4 Å². The number of anilines is 1. The van der Waals surface area contributed by atoms with E-state index >= 15 is 4.39 Å². The summed E-state index contributed by atoms with van der Waals surface area (Å²) in [6.07, 6.45) is -3.29. The lowest BCUT2D eigenvalue weighted by Gasteiger charge is -2.33. The molecule has 3 aromatic rings. The molecule has 0 spiro atoms. The van der Waals surface area contributed by atoms with Crippen LogP contribution in [0.25, 0.3) is 0 Å². The van der Waals surface area contributed by atoms with Crippen LogP contribution in [0.3, 0.4) is 0 Å². The minimum atomic E-state index is -4.99. The number of ether oxygens (including phenoxy) is 2. The summed E-state index contributed by atoms with van der Waals surface area (Å²) < 4.78 is 73.4. The average molecular weight is 710 g/mol. The minimum absolute atomic E-state index is 0.0503. The molecule has 2 atom stereocenters. The van der Waals surface area contributed by atoms with Gasteiger partial charge in [0.15, 0.2) is 17.3 Å². The van der Waals surface area contributed by atoms with Crippen LogP contribution in [0, 0.1) is 17.7 Å². The van der Waals surface area contributed by atoms with Crippen LogP contribution in [-0.2, 0) is 37.0 Å². The maximum Gasteiger partial charge on any atom is 0.418 e. The molecule has 1 N–H and O–H groups in total. The third-order valence-electron chi connectivity index (χ3n) is 10.1. The number of carbonyl (C=O) groups excluding carboxylic acids is 1. The van der Waals surface area contributed by atoms with E-state index in [0.29, 0.717) is 61.5 Å². The van der Waals surface area contributed by atoms with Gasteiger partial charge in [-0.2, -0.15) is 28.2 Å². The molecule has 51 heavy (non-hydrogen) atoms. The highest BCUT2D eigenvalue weighted by Gasteiger charge is 2.47. The van der Waals surface area contributed by atoms with Gasteiger partial charge in [-0.1, -0.05) is 18.1 Å². The van der Waals surface area contributed by atoms with Crippen LogP contribution in [0.5, 0.6) is 11.8 Å². The third kappa shape index (κ3) is 6.40. The predicted octanol–water partition coefficient (Wildman–Crippen LogP) is 5.01. The summed E-state index contributed by atoms with van der Waals surface area (Å²) in [5, 5.41) is 14.9. The van der Waals surface area contributed by atoms with Crippen molar-refractivity contribution < 1.29 is 36.9 Å². The average Bonchev–Trinajstić information content (AvgIpc) is 3.70. The second kappa shape index (κ2) is 13.1. The number of benzene rings is 1. The molecule has 270 valence electrons. The van der Waals surface area contributed by atoms with E-state index in [1.165, 1.54) is 11.8 Å². The molecule has 2 saturated heterocycles. The first-order valence-corrected chi connectivity index (χ1v) is 16.9. The normalized spacial score (nSPS) is 21.7. The van der Waals surface area contributed by atoms with Gasteiger partial charge in [0.05, 0.1) is 41.7 Å². The Labute approximate surface area is 292 Å². The fourth-order valence-corrected chi connectivity index (χ4v) is 7.87. The van der Waals surface area contributed by atoms with Crippen molar-refractivity contribution in [2.24, 2.45) is 0 Å². The highest BCUT2D eigenvalue weighted by molar-refractivity contribution is 5.92. The van der Waals surface area contributed by atoms with E-state index < -0.39 is 40.5 Å². The third-order valence-corrected chi connectivity index (χ3v) is 10.1. The van der Waals surface area contributed by atoms with Gasteiger partial charge >= 0.3 is 12.2 Å². The van der Waals surface area contributed by atoms with Crippen LogP contribution in [0.2, 0.25) is 0 Å². The number of hydrogen-bond donors (Lipinski definition) is 1. The Morgan fingerprint density at radius 3 is 2.75 bits per heavy atom. The fourth-order valence-electron chi connectivity index (χ4n) is 7.87. The zero-order valence-corrected chi connectivity index (χ0v) is 28.7. The SMILES string of the molecule is C=C1CN2CCC[C@]2(COc2nc3c(c(N4CCCn5nc(C(=O)N(C)C)cc5C4)n2)CO[C@H](c2c(F)c(O)cc(C#CC)c2C(F)(F)F)C3)C1. The number of phenols is 1. The van der Waals surface area contributed by atoms with Crippen LogP contribution in [0.15, 0.2) is 24.3 Å². The second-order valence-electron chi connectivity index (χ2n) is 13.9. The summed E-state index contributed by atoms with van der Waals surface area (Å²) in [7, 11) is 3.32. The highest BCUT2D eigenvalue weighted by atomic mass is 19.4. The molecule has 15 heteroatoms. The molecule has 7 rings (SSSR count). The van der Waals surface area contributed by atoms with Gasteiger partial charge in [-0.15, -0.1) is 5.92 Å². The molecule has 6 heterocycles. The fraction of sp³-hybridized carbons (Fsp3) is 0.500. The van der Waals surface area contributed by atoms with Gasteiger partial charge in [0.2, 0.25) is 0 Å². The molecule has 0 unspecified atom stereocenters. The number of hydrogen-bond acceptors (Lipinski definition) is 9. The number of phenolic OH excluding ortho intramolecular Hbond substituents is 1. The monoisotopic (exact) mass is 709 g/mol. The summed E-state index contributed by atoms with van der Waals surface area (Å²) in [4.78, 5) is 28.1. The Bertz CT molecular complexity index is 1970. The number of alkyl halides is 3. The molecule has 0 saturated carbocycles. The standard InChI is InChI=1S/C36H39F4N7O4/c1-5-8-22-13-27(48)31(37)29(30(22)36(38,39)40)28-15-25-24(19-50-28)32(42-34(41-25)51-20-35-9-6-11-46(35)17-21(2)16-35)45-10-7-12-47-23(18-45)14-26(43-47)33(49)44(3)4/h13-14,28,48H,2,6-7,9-12,15-20H2,1,3-4H3/t28-,35+/m0/s1. The lowest BCUT2D eigenvalue weighted by atomic mass is 9.91. The molecule has 0 radical (unpaired) electrons. The molecule has 0 aliphatic carbocycles. The summed E-state index contributed by atoms with van der Waals surface area (Å²) >= 11 is 0. The zero-order chi connectivity index (χ0) is 36.2. The Kier molecular flexibility index (Phi) is 8.95. The lowest BCUT2D eigenvalue weighted by molar-refractivity contribution is -0.140. The van der Waals surface area contributed by atoms with Gasteiger partial charge < -0.3 is 24.4 Å². The molecule has 2 aromatic heterocycles. The van der Waals surface area contributed by atoms with E-state index in [1.807, 2.05) is 4.90 Å². The molecule has 1 aromatic carbocycles. The molecule has 2 fully saturated rings. The van der Waals surface area contributed by atoms with Crippen LogP contribution in [-0.4, -0.2) is 86.4 Å². The smallest absolute Gasteiger partial charge is 0.418 e. The molecule has 0 bridgehead atoms. The quantitative estimate of drug-likeness (QED) is 0.215. The summed E-state index contributed by atoms with van der Waals surface area (Å²) in [6.45, 7) is 8.78. The van der Waals surface area contributed by atoms with E-state index in [2.05, 4.69) is 28.4 Å². The van der Waals surface area contributed by atoms with Crippen LogP contribution in [0.4, 0.5) is 23.4 Å². The number of halogens is 4. The Morgan fingerprint density at radius 2 is 2.00 bits per heavy atom. The summed E-state index contributed by atoms with van der Waals surface area (Å²) in [5.41, 5.74) is 0.204. The molecule has 11 nitrogen and oxygen atoms in total. The Balaban J connectivity index is 1.29. The first-order chi connectivity index (χ1) is 24.3. The van der Waals surface area contributed by atoms with Crippen molar-refractivity contribution in [3.05, 3.63) is 69.4 Å². The topological polar surface area (TPSA) is 109 Å². The highest BCUT2D eigenvalue weighted by Crippen LogP contribution is 2.46. The Hall–Kier alpha value is -4.68. The van der Waals surface area contributed by atoms with Crippen molar-refractivity contribution in [3.63, 3.8) is 0 Å². The number of carbonyl (C=O) groups is 1. The number of nitrogens with zero attached hydrogens (tertiary/aromatic N) is 7. The summed E-state index contributed by atoms with van der Waals surface area (Å²) in [6, 6.07) is 2.49. The van der Waals surface area contributed by atoms with Crippen molar-refractivity contribution in [1.29, 1.82) is 0 Å². The van der Waals surface area contributed by atoms with Crippen LogP contribution < -0.4 is 9.64 Å². The van der Waals surface area contributed by atoms with E-state index in [1.54, 1.807) is 24.8 Å². The van der Waals surface area contributed by atoms with Crippen molar-refractivity contribution in [2.75, 3.05) is 45.2 Å². The lowest BCUT2D eigenvalue weighted by Crippen LogP contribution is -2.43. The van der Waals surface area contributed by atoms with E-state index in [0.717, 1.165) is 43.6 Å². The second-order valence-corrected chi connectivity index (χ2v) is 13.9. The first-order valence-electron chi connectivity index (χ1n) is 16.9. The number of fused-ring (bicyclic) bond motifs is 3. The summed E-state index contributed by atoms with van der Waals surface area (Å²) in [5.74, 6) is 2.65. The van der Waals surface area contributed by atoms with E-state index in [9.17, 15) is 23.1 Å². The molecule has 1 amide bonds. The van der Waals surface area contributed by atoms with E-state index in [4.69, 9.17) is 19.4 Å². The van der Waals surface area contributed by atoms with Crippen molar-refractivity contribution in [2.45, 2.75) is 76.5 Å². The maximum absolute atomic E-state index is 15.6. The van der Waals surface area contributed by atoms with Gasteiger partial charge in [-0.25, -0.2) is 4.39 Å². The van der Waals surface area contributed by atoms with Crippen LogP contribution >= 0.6 is 0 Å². The largest absolute Gasteiger partial charge is 0.505 e. The van der Waals surface area contributed by atoms with Gasteiger partial charge in [-0.05, 0) is 51.3 Å². The number of aromatic hydroxyl groups is 1. The van der Waals surface area contributed by atoms with Crippen molar-refractivity contribution in [3.8, 4) is 23.6 Å². The molecule has 4 aliphatic heterocycles. The van der Waals surface area contributed by atoms with Crippen molar-refractivity contribution >= 4 is 11.7 Å². The zero-order valence-electron chi connectivity index (χ0n) is 28.7. The number of amides is 1. The van der Waals surface area contributed by atoms with Gasteiger partial charge in [0, 0.05) is 56.8 Å². The Morgan fingerprint density at radius 1 is 1.20 bits per heavy atom. The van der Waals surface area contributed by atoms with Gasteiger partial charge in [0.25, 0.3) is 5.91 Å². The van der Waals surface area contributed by atoms with E-state index in [-0.39, 0.29) is 30.5 Å². The van der Waals surface area contributed by atoms with Crippen LogP contribution in [0.1, 0.15) is 82.8 Å². The number of aromatic nitrogens is 4.